The van der Waals surface area contributed by atoms with Crippen molar-refractivity contribution >= 4 is 11.5 Å². The largest absolute Gasteiger partial charge is 0.365 e. The van der Waals surface area contributed by atoms with Crippen molar-refractivity contribution in [3.63, 3.8) is 0 Å². The molecule has 0 unspecified atom stereocenters. The first-order valence-corrected chi connectivity index (χ1v) is 6.53. The Bertz CT molecular complexity index is 789. The lowest BCUT2D eigenvalue weighted by Crippen LogP contribution is -2.14. The Kier molecular flexibility index (Phi) is 3.20. The molecule has 0 aliphatic heterocycles. The number of fused-ring (bicyclic) bond motifs is 1. The quantitative estimate of drug-likeness (QED) is 0.754. The highest BCUT2D eigenvalue weighted by Crippen LogP contribution is 2.12. The zero-order valence-corrected chi connectivity index (χ0v) is 11.1. The van der Waals surface area contributed by atoms with Crippen LogP contribution in [0.2, 0.25) is 0 Å². The number of aromatic amines is 1. The Morgan fingerprint density at radius 1 is 1.20 bits per heavy atom. The van der Waals surface area contributed by atoms with Gasteiger partial charge in [-0.1, -0.05) is 31.2 Å². The summed E-state index contributed by atoms with van der Waals surface area (Å²) in [5.41, 5.74) is 2.71. The lowest BCUT2D eigenvalue weighted by molar-refractivity contribution is 0.874. The van der Waals surface area contributed by atoms with E-state index in [9.17, 15) is 4.79 Å². The van der Waals surface area contributed by atoms with Crippen molar-refractivity contribution in [1.82, 2.24) is 19.8 Å². The van der Waals surface area contributed by atoms with Gasteiger partial charge in [0, 0.05) is 6.54 Å². The van der Waals surface area contributed by atoms with Crippen LogP contribution >= 0.6 is 0 Å². The van der Waals surface area contributed by atoms with Gasteiger partial charge in [-0.3, -0.25) is 0 Å². The van der Waals surface area contributed by atoms with Gasteiger partial charge in [0.05, 0.1) is 0 Å². The predicted molar refractivity (Wildman–Crippen MR) is 76.8 cm³/mol. The van der Waals surface area contributed by atoms with Gasteiger partial charge in [-0.2, -0.15) is 9.61 Å². The van der Waals surface area contributed by atoms with E-state index in [0.29, 0.717) is 18.0 Å². The highest BCUT2D eigenvalue weighted by atomic mass is 16.2. The molecule has 2 heterocycles. The van der Waals surface area contributed by atoms with E-state index in [1.807, 2.05) is 18.2 Å². The van der Waals surface area contributed by atoms with Crippen molar-refractivity contribution in [2.24, 2.45) is 0 Å². The van der Waals surface area contributed by atoms with Crippen LogP contribution in [0.3, 0.4) is 0 Å². The summed E-state index contributed by atoms with van der Waals surface area (Å²) in [4.78, 5) is 11.5. The van der Waals surface area contributed by atoms with Gasteiger partial charge in [0.2, 0.25) is 0 Å². The Hall–Kier alpha value is -2.63. The molecule has 0 saturated heterocycles. The number of aromatic nitrogens is 4. The standard InChI is InChI=1S/C14H15N5O/c1-2-10-5-3-4-6-11(10)9-15-12-7-8-13-16-17-14(20)19(13)18-12/h3-8H,2,9H2,1H3,(H,15,18)(H,17,20). The summed E-state index contributed by atoms with van der Waals surface area (Å²) in [5.74, 6) is 0.645. The minimum atomic E-state index is -0.336. The first kappa shape index (κ1) is 12.4. The fourth-order valence-corrected chi connectivity index (χ4v) is 2.16. The molecule has 20 heavy (non-hydrogen) atoms. The van der Waals surface area contributed by atoms with E-state index < -0.39 is 0 Å². The minimum Gasteiger partial charge on any atom is -0.365 e. The summed E-state index contributed by atoms with van der Waals surface area (Å²) in [7, 11) is 0. The van der Waals surface area contributed by atoms with Crippen molar-refractivity contribution in [3.05, 3.63) is 58.0 Å². The van der Waals surface area contributed by atoms with Gasteiger partial charge in [0.25, 0.3) is 0 Å². The normalized spacial score (nSPS) is 10.8. The van der Waals surface area contributed by atoms with Crippen LogP contribution < -0.4 is 11.0 Å². The van der Waals surface area contributed by atoms with Crippen LogP contribution in [0.5, 0.6) is 0 Å². The van der Waals surface area contributed by atoms with Crippen LogP contribution in [0.15, 0.2) is 41.2 Å². The van der Waals surface area contributed by atoms with E-state index in [0.717, 1.165) is 6.42 Å². The lowest BCUT2D eigenvalue weighted by atomic mass is 10.1. The molecule has 102 valence electrons. The van der Waals surface area contributed by atoms with Gasteiger partial charge in [-0.25, -0.2) is 9.89 Å². The SMILES string of the molecule is CCc1ccccc1CNc1ccc2n[nH]c(=O)n2n1. The third-order valence-corrected chi connectivity index (χ3v) is 3.23. The van der Waals surface area contributed by atoms with Crippen molar-refractivity contribution < 1.29 is 0 Å². The minimum absolute atomic E-state index is 0.336. The van der Waals surface area contributed by atoms with Crippen LogP contribution in [0.4, 0.5) is 5.82 Å². The predicted octanol–water partition coefficient (Wildman–Crippen LogP) is 1.59. The molecular formula is C14H15N5O. The van der Waals surface area contributed by atoms with Crippen LogP contribution in [0.1, 0.15) is 18.1 Å². The molecule has 0 spiro atoms. The Morgan fingerprint density at radius 3 is 2.80 bits per heavy atom. The van der Waals surface area contributed by atoms with Crippen molar-refractivity contribution in [2.45, 2.75) is 19.9 Å². The fraction of sp³-hybridized carbons (Fsp3) is 0.214. The van der Waals surface area contributed by atoms with Gasteiger partial charge in [-0.15, -0.1) is 5.10 Å². The van der Waals surface area contributed by atoms with E-state index >= 15 is 0 Å². The second kappa shape index (κ2) is 5.16. The third kappa shape index (κ3) is 2.27. The molecule has 0 aliphatic rings. The van der Waals surface area contributed by atoms with Gasteiger partial charge in [-0.05, 0) is 29.7 Å². The zero-order chi connectivity index (χ0) is 13.9. The molecule has 0 fully saturated rings. The number of anilines is 1. The summed E-state index contributed by atoms with van der Waals surface area (Å²) in [6.07, 6.45) is 0.992. The molecule has 1 aromatic carbocycles. The summed E-state index contributed by atoms with van der Waals surface area (Å²) >= 11 is 0. The maximum atomic E-state index is 11.5. The lowest BCUT2D eigenvalue weighted by Gasteiger charge is -2.09. The molecule has 0 amide bonds. The highest BCUT2D eigenvalue weighted by Gasteiger charge is 2.04. The Morgan fingerprint density at radius 2 is 2.00 bits per heavy atom. The number of hydrogen-bond donors (Lipinski definition) is 2. The smallest absolute Gasteiger partial charge is 0.364 e. The number of nitrogens with zero attached hydrogens (tertiary/aromatic N) is 3. The summed E-state index contributed by atoms with van der Waals surface area (Å²) < 4.78 is 1.24. The molecule has 0 radical (unpaired) electrons. The van der Waals surface area contributed by atoms with Gasteiger partial charge in [0.15, 0.2) is 5.65 Å². The summed E-state index contributed by atoms with van der Waals surface area (Å²) in [5, 5.41) is 13.6. The topological polar surface area (TPSA) is 75.1 Å². The second-order valence-electron chi connectivity index (χ2n) is 4.49. The van der Waals surface area contributed by atoms with E-state index in [1.54, 1.807) is 6.07 Å². The number of H-pyrrole nitrogens is 1. The summed E-state index contributed by atoms with van der Waals surface area (Å²) in [6.45, 7) is 2.81. The van der Waals surface area contributed by atoms with Crippen molar-refractivity contribution in [2.75, 3.05) is 5.32 Å². The first-order valence-electron chi connectivity index (χ1n) is 6.53. The molecule has 2 N–H and O–H groups in total. The molecule has 0 bridgehead atoms. The average molecular weight is 269 g/mol. The molecule has 0 saturated carbocycles. The summed E-state index contributed by atoms with van der Waals surface area (Å²) in [6, 6.07) is 11.8. The average Bonchev–Trinajstić information content (AvgIpc) is 2.86. The van der Waals surface area contributed by atoms with E-state index in [1.165, 1.54) is 15.6 Å². The van der Waals surface area contributed by atoms with E-state index in [4.69, 9.17) is 0 Å². The maximum Gasteiger partial charge on any atom is 0.364 e. The number of rotatable bonds is 4. The van der Waals surface area contributed by atoms with Crippen LogP contribution in [0, 0.1) is 0 Å². The Labute approximate surface area is 115 Å². The third-order valence-electron chi connectivity index (χ3n) is 3.23. The fourth-order valence-electron chi connectivity index (χ4n) is 2.16. The molecule has 3 rings (SSSR count). The first-order chi connectivity index (χ1) is 9.78. The number of nitrogens with one attached hydrogen (secondary N) is 2. The van der Waals surface area contributed by atoms with Crippen LogP contribution in [0.25, 0.3) is 5.65 Å². The van der Waals surface area contributed by atoms with Crippen LogP contribution in [-0.2, 0) is 13.0 Å². The maximum absolute atomic E-state index is 11.5. The van der Waals surface area contributed by atoms with Crippen molar-refractivity contribution in [3.8, 4) is 0 Å². The van der Waals surface area contributed by atoms with E-state index in [2.05, 4.69) is 39.7 Å². The Balaban J connectivity index is 1.83. The monoisotopic (exact) mass is 269 g/mol. The van der Waals surface area contributed by atoms with E-state index in [-0.39, 0.29) is 5.69 Å². The zero-order valence-electron chi connectivity index (χ0n) is 11.1. The molecule has 2 aromatic heterocycles. The molecule has 0 atom stereocenters. The second-order valence-corrected chi connectivity index (χ2v) is 4.49. The number of hydrogen-bond acceptors (Lipinski definition) is 4. The van der Waals surface area contributed by atoms with Crippen LogP contribution in [-0.4, -0.2) is 19.8 Å². The van der Waals surface area contributed by atoms with Gasteiger partial charge >= 0.3 is 5.69 Å². The molecular weight excluding hydrogens is 254 g/mol. The van der Waals surface area contributed by atoms with Gasteiger partial charge in [0.1, 0.15) is 5.82 Å². The highest BCUT2D eigenvalue weighted by molar-refractivity contribution is 5.43. The van der Waals surface area contributed by atoms with Gasteiger partial charge < -0.3 is 5.32 Å². The molecule has 0 aliphatic carbocycles. The molecule has 6 heteroatoms. The van der Waals surface area contributed by atoms with Crippen molar-refractivity contribution in [1.29, 1.82) is 0 Å². The number of benzene rings is 1. The number of aryl methyl sites for hydroxylation is 1. The molecule has 6 nitrogen and oxygen atoms in total. The molecule has 3 aromatic rings.